The molecule has 0 saturated carbocycles. The molecule has 1 aromatic carbocycles. The van der Waals surface area contributed by atoms with Crippen LogP contribution in [0.15, 0.2) is 40.5 Å². The Balaban J connectivity index is 1.84. The van der Waals surface area contributed by atoms with Gasteiger partial charge >= 0.3 is 0 Å². The highest BCUT2D eigenvalue weighted by Crippen LogP contribution is 2.16. The maximum atomic E-state index is 4.40. The average Bonchev–Trinajstić information content (AvgIpc) is 3.03. The molecule has 0 aliphatic rings. The molecule has 0 aliphatic carbocycles. The van der Waals surface area contributed by atoms with Crippen molar-refractivity contribution in [1.82, 2.24) is 25.0 Å². The maximum absolute atomic E-state index is 4.40. The van der Waals surface area contributed by atoms with Gasteiger partial charge in [0.1, 0.15) is 5.82 Å². The molecule has 0 radical (unpaired) electrons. The third kappa shape index (κ3) is 6.57. The lowest BCUT2D eigenvalue weighted by atomic mass is 10.2. The Morgan fingerprint density at radius 3 is 2.63 bits per heavy atom. The van der Waals surface area contributed by atoms with E-state index in [1.54, 1.807) is 11.8 Å². The lowest BCUT2D eigenvalue weighted by molar-refractivity contribution is 0.469. The Labute approximate surface area is 167 Å². The van der Waals surface area contributed by atoms with Crippen LogP contribution < -0.4 is 5.32 Å². The number of benzene rings is 1. The Bertz CT molecular complexity index is 711. The molecule has 0 unspecified atom stereocenters. The summed E-state index contributed by atoms with van der Waals surface area (Å²) in [4.78, 5) is 6.54. The predicted molar refractivity (Wildman–Crippen MR) is 114 cm³/mol. The third-order valence-corrected chi connectivity index (χ3v) is 4.89. The zero-order valence-electron chi connectivity index (χ0n) is 17.1. The number of aliphatic imine (C=N–C) groups is 1. The van der Waals surface area contributed by atoms with Crippen molar-refractivity contribution in [3.8, 4) is 0 Å². The first kappa shape index (κ1) is 21.3. The molecule has 0 bridgehead atoms. The monoisotopic (exact) mass is 388 g/mol. The van der Waals surface area contributed by atoms with Crippen LogP contribution in [0.4, 0.5) is 0 Å². The van der Waals surface area contributed by atoms with Gasteiger partial charge in [0.25, 0.3) is 0 Å². The van der Waals surface area contributed by atoms with E-state index in [9.17, 15) is 0 Å². The summed E-state index contributed by atoms with van der Waals surface area (Å²) in [6.45, 7) is 7.10. The molecule has 1 heterocycles. The van der Waals surface area contributed by atoms with Crippen LogP contribution in [0.25, 0.3) is 0 Å². The number of guanidine groups is 1. The quantitative estimate of drug-likeness (QED) is 0.309. The van der Waals surface area contributed by atoms with Gasteiger partial charge in [-0.05, 0) is 24.2 Å². The SMILES string of the molecule is CN=C(NCCCc1nnc(SC)n1CC(C)C)N(C)Cc1ccccc1. The predicted octanol–water partition coefficient (Wildman–Crippen LogP) is 3.30. The standard InChI is InChI=1S/C20H32N6S/c1-16(2)14-26-18(23-24-20(26)27-5)12-9-13-22-19(21-3)25(4)15-17-10-7-6-8-11-17/h6-8,10-11,16H,9,12-15H2,1-5H3,(H,21,22). The van der Waals surface area contributed by atoms with Crippen molar-refractivity contribution in [2.75, 3.05) is 26.9 Å². The van der Waals surface area contributed by atoms with Crippen LogP contribution in [0, 0.1) is 5.92 Å². The molecule has 1 aromatic heterocycles. The fourth-order valence-electron chi connectivity index (χ4n) is 2.97. The van der Waals surface area contributed by atoms with Gasteiger partial charge < -0.3 is 14.8 Å². The molecule has 0 aliphatic heterocycles. The van der Waals surface area contributed by atoms with Gasteiger partial charge in [0.05, 0.1) is 0 Å². The molecular weight excluding hydrogens is 356 g/mol. The Hall–Kier alpha value is -2.02. The lowest BCUT2D eigenvalue weighted by Gasteiger charge is -2.22. The first-order valence-electron chi connectivity index (χ1n) is 9.47. The normalized spacial score (nSPS) is 11.9. The second-order valence-electron chi connectivity index (χ2n) is 7.03. The van der Waals surface area contributed by atoms with E-state index < -0.39 is 0 Å². The highest BCUT2D eigenvalue weighted by Gasteiger charge is 2.12. The van der Waals surface area contributed by atoms with Crippen molar-refractivity contribution >= 4 is 17.7 Å². The van der Waals surface area contributed by atoms with E-state index in [4.69, 9.17) is 0 Å². The highest BCUT2D eigenvalue weighted by atomic mass is 32.2. The van der Waals surface area contributed by atoms with Crippen molar-refractivity contribution in [3.05, 3.63) is 41.7 Å². The van der Waals surface area contributed by atoms with E-state index in [1.807, 2.05) is 13.1 Å². The first-order chi connectivity index (χ1) is 13.0. The zero-order valence-corrected chi connectivity index (χ0v) is 18.0. The van der Waals surface area contributed by atoms with E-state index in [-0.39, 0.29) is 0 Å². The van der Waals surface area contributed by atoms with Crippen molar-refractivity contribution in [3.63, 3.8) is 0 Å². The van der Waals surface area contributed by atoms with Crippen LogP contribution in [0.3, 0.4) is 0 Å². The van der Waals surface area contributed by atoms with Gasteiger partial charge in [-0.3, -0.25) is 4.99 Å². The van der Waals surface area contributed by atoms with E-state index in [1.165, 1.54) is 5.56 Å². The van der Waals surface area contributed by atoms with Gasteiger partial charge in [0.2, 0.25) is 0 Å². The summed E-state index contributed by atoms with van der Waals surface area (Å²) in [5.74, 6) is 2.56. The Kier molecular flexibility index (Phi) is 8.64. The molecule has 2 aromatic rings. The Morgan fingerprint density at radius 1 is 1.26 bits per heavy atom. The molecule has 0 fully saturated rings. The number of hydrogen-bond donors (Lipinski definition) is 1. The summed E-state index contributed by atoms with van der Waals surface area (Å²) in [5, 5.41) is 13.2. The zero-order chi connectivity index (χ0) is 19.6. The summed E-state index contributed by atoms with van der Waals surface area (Å²) in [6.07, 6.45) is 3.95. The fraction of sp³-hybridized carbons (Fsp3) is 0.550. The van der Waals surface area contributed by atoms with E-state index in [0.29, 0.717) is 5.92 Å². The van der Waals surface area contributed by atoms with Crippen LogP contribution >= 0.6 is 11.8 Å². The molecular formula is C20H32N6S. The number of aromatic nitrogens is 3. The molecule has 1 N–H and O–H groups in total. The van der Waals surface area contributed by atoms with Gasteiger partial charge in [0.15, 0.2) is 11.1 Å². The van der Waals surface area contributed by atoms with Crippen LogP contribution in [-0.2, 0) is 19.5 Å². The van der Waals surface area contributed by atoms with Crippen LogP contribution in [0.5, 0.6) is 0 Å². The molecule has 0 spiro atoms. The topological polar surface area (TPSA) is 58.3 Å². The van der Waals surface area contributed by atoms with Crippen LogP contribution in [-0.4, -0.2) is 52.5 Å². The van der Waals surface area contributed by atoms with Crippen LogP contribution in [0.2, 0.25) is 0 Å². The van der Waals surface area contributed by atoms with Gasteiger partial charge in [0, 0.05) is 40.2 Å². The number of rotatable bonds is 9. The molecule has 148 valence electrons. The van der Waals surface area contributed by atoms with Crippen molar-refractivity contribution < 1.29 is 0 Å². The average molecular weight is 389 g/mol. The third-order valence-electron chi connectivity index (χ3n) is 4.22. The molecule has 7 heteroatoms. The van der Waals surface area contributed by atoms with Crippen molar-refractivity contribution in [1.29, 1.82) is 0 Å². The molecule has 27 heavy (non-hydrogen) atoms. The summed E-state index contributed by atoms with van der Waals surface area (Å²) in [7, 11) is 3.89. The number of thioether (sulfide) groups is 1. The smallest absolute Gasteiger partial charge is 0.193 e. The summed E-state index contributed by atoms with van der Waals surface area (Å²) >= 11 is 1.66. The minimum absolute atomic E-state index is 0.578. The fourth-order valence-corrected chi connectivity index (χ4v) is 3.49. The molecule has 2 rings (SSSR count). The largest absolute Gasteiger partial charge is 0.356 e. The van der Waals surface area contributed by atoms with Gasteiger partial charge in [-0.1, -0.05) is 55.9 Å². The minimum Gasteiger partial charge on any atom is -0.356 e. The summed E-state index contributed by atoms with van der Waals surface area (Å²) in [6, 6.07) is 10.4. The minimum atomic E-state index is 0.578. The van der Waals surface area contributed by atoms with Gasteiger partial charge in [-0.25, -0.2) is 0 Å². The number of aryl methyl sites for hydroxylation is 1. The maximum Gasteiger partial charge on any atom is 0.193 e. The van der Waals surface area contributed by atoms with Crippen molar-refractivity contribution in [2.24, 2.45) is 10.9 Å². The summed E-state index contributed by atoms with van der Waals surface area (Å²) < 4.78 is 2.26. The summed E-state index contributed by atoms with van der Waals surface area (Å²) in [5.41, 5.74) is 1.27. The molecule has 0 amide bonds. The second kappa shape index (κ2) is 11.0. The van der Waals surface area contributed by atoms with Crippen molar-refractivity contribution in [2.45, 2.75) is 44.9 Å². The van der Waals surface area contributed by atoms with Gasteiger partial charge in [-0.2, -0.15) is 0 Å². The molecule has 0 saturated heterocycles. The number of hydrogen-bond acceptors (Lipinski definition) is 4. The Morgan fingerprint density at radius 2 is 2.00 bits per heavy atom. The number of nitrogens with one attached hydrogen (secondary N) is 1. The highest BCUT2D eigenvalue weighted by molar-refractivity contribution is 7.98. The lowest BCUT2D eigenvalue weighted by Crippen LogP contribution is -2.39. The number of nitrogens with zero attached hydrogens (tertiary/aromatic N) is 5. The van der Waals surface area contributed by atoms with E-state index in [0.717, 1.165) is 49.4 Å². The molecule has 6 nitrogen and oxygen atoms in total. The van der Waals surface area contributed by atoms with E-state index in [2.05, 4.69) is 81.4 Å². The first-order valence-corrected chi connectivity index (χ1v) is 10.7. The van der Waals surface area contributed by atoms with Crippen LogP contribution in [0.1, 0.15) is 31.7 Å². The molecule has 0 atom stereocenters. The second-order valence-corrected chi connectivity index (χ2v) is 7.80. The van der Waals surface area contributed by atoms with E-state index >= 15 is 0 Å². The van der Waals surface area contributed by atoms with Gasteiger partial charge in [-0.15, -0.1) is 10.2 Å².